The molecule has 0 unspecified atom stereocenters. The molecule has 0 saturated carbocycles. The summed E-state index contributed by atoms with van der Waals surface area (Å²) in [5.41, 5.74) is 6.13. The van der Waals surface area contributed by atoms with E-state index >= 15 is 0 Å². The highest BCUT2D eigenvalue weighted by molar-refractivity contribution is 6.25. The first-order valence-corrected chi connectivity index (χ1v) is 10.4. The number of benzene rings is 4. The van der Waals surface area contributed by atoms with Crippen LogP contribution >= 0.6 is 0 Å². The average molecular weight is 389 g/mol. The molecule has 3 aromatic heterocycles. The Morgan fingerprint density at radius 1 is 0.600 bits per heavy atom. The lowest BCUT2D eigenvalue weighted by molar-refractivity contribution is 0.641. The summed E-state index contributed by atoms with van der Waals surface area (Å²) in [6.45, 7) is 4.47. The molecule has 3 nitrogen and oxygen atoms in total. The highest BCUT2D eigenvalue weighted by atomic mass is 16.3. The van der Waals surface area contributed by atoms with Crippen molar-refractivity contribution in [2.24, 2.45) is 0 Å². The number of furan rings is 2. The maximum Gasteiger partial charge on any atom is 0.145 e. The lowest BCUT2D eigenvalue weighted by Crippen LogP contribution is -1.99. The maximum atomic E-state index is 6.39. The number of para-hydroxylation sites is 2. The minimum absolute atomic E-state index is 0.322. The molecule has 3 heterocycles. The Labute approximate surface area is 172 Å². The van der Waals surface area contributed by atoms with Gasteiger partial charge in [-0.3, -0.25) is 0 Å². The van der Waals surface area contributed by atoms with Crippen LogP contribution in [0, 0.1) is 0 Å². The van der Waals surface area contributed by atoms with Gasteiger partial charge in [-0.05, 0) is 50.2 Å². The molecule has 0 aliphatic rings. The summed E-state index contributed by atoms with van der Waals surface area (Å²) in [5.74, 6) is 0. The zero-order valence-corrected chi connectivity index (χ0v) is 16.8. The van der Waals surface area contributed by atoms with Gasteiger partial charge in [0.15, 0.2) is 0 Å². The Bertz CT molecular complexity index is 1780. The molecule has 4 aromatic carbocycles. The number of fused-ring (bicyclic) bond motifs is 10. The number of hydrogen-bond donors (Lipinski definition) is 0. The van der Waals surface area contributed by atoms with E-state index in [1.54, 1.807) is 0 Å². The van der Waals surface area contributed by atoms with Crippen LogP contribution in [0.4, 0.5) is 0 Å². The standard InChI is InChI=1S/C27H19NO2/c1-15(2)28-21-12-11-18-16-7-3-6-10-24(16)30-27(18)26(21)20-14-25-19(13-22(20)28)17-8-4-5-9-23(17)29-25/h3-15H,1-2H3. The Hall–Kier alpha value is -3.72. The van der Waals surface area contributed by atoms with Crippen LogP contribution in [0.5, 0.6) is 0 Å². The smallest absolute Gasteiger partial charge is 0.145 e. The van der Waals surface area contributed by atoms with Crippen molar-refractivity contribution in [2.45, 2.75) is 19.9 Å². The van der Waals surface area contributed by atoms with E-state index in [9.17, 15) is 0 Å². The fraction of sp³-hybridized carbons (Fsp3) is 0.111. The summed E-state index contributed by atoms with van der Waals surface area (Å²) in [7, 11) is 0. The van der Waals surface area contributed by atoms with Crippen LogP contribution in [0.3, 0.4) is 0 Å². The van der Waals surface area contributed by atoms with Crippen molar-refractivity contribution in [3.63, 3.8) is 0 Å². The van der Waals surface area contributed by atoms with E-state index in [1.165, 1.54) is 16.4 Å². The molecule has 30 heavy (non-hydrogen) atoms. The number of aromatic nitrogens is 1. The minimum Gasteiger partial charge on any atom is -0.456 e. The highest BCUT2D eigenvalue weighted by Gasteiger charge is 2.20. The maximum absolute atomic E-state index is 6.39. The van der Waals surface area contributed by atoms with Crippen molar-refractivity contribution in [3.05, 3.63) is 72.8 Å². The molecule has 7 aromatic rings. The molecule has 0 fully saturated rings. The van der Waals surface area contributed by atoms with Crippen molar-refractivity contribution in [1.82, 2.24) is 4.57 Å². The van der Waals surface area contributed by atoms with Gasteiger partial charge in [0.2, 0.25) is 0 Å². The Morgan fingerprint density at radius 2 is 1.30 bits per heavy atom. The lowest BCUT2D eigenvalue weighted by Gasteiger charge is -2.11. The zero-order chi connectivity index (χ0) is 20.0. The van der Waals surface area contributed by atoms with E-state index in [1.807, 2.05) is 24.3 Å². The predicted octanol–water partition coefficient (Wildman–Crippen LogP) is 8.17. The monoisotopic (exact) mass is 389 g/mol. The van der Waals surface area contributed by atoms with Crippen LogP contribution in [-0.4, -0.2) is 4.57 Å². The first-order chi connectivity index (χ1) is 14.7. The summed E-state index contributed by atoms with van der Waals surface area (Å²) in [5, 5.41) is 6.97. The first kappa shape index (κ1) is 16.1. The molecular formula is C27H19NO2. The molecule has 7 rings (SSSR count). The van der Waals surface area contributed by atoms with Gasteiger partial charge in [-0.1, -0.05) is 36.4 Å². The van der Waals surface area contributed by atoms with Crippen LogP contribution < -0.4 is 0 Å². The quantitative estimate of drug-likeness (QED) is 0.283. The summed E-state index contributed by atoms with van der Waals surface area (Å²) >= 11 is 0. The lowest BCUT2D eigenvalue weighted by atomic mass is 10.1. The van der Waals surface area contributed by atoms with Gasteiger partial charge in [-0.2, -0.15) is 0 Å². The Morgan fingerprint density at radius 3 is 2.07 bits per heavy atom. The number of hydrogen-bond acceptors (Lipinski definition) is 2. The molecule has 0 radical (unpaired) electrons. The third-order valence-corrected chi connectivity index (χ3v) is 6.32. The fourth-order valence-corrected chi connectivity index (χ4v) is 5.09. The second-order valence-corrected chi connectivity index (χ2v) is 8.36. The largest absolute Gasteiger partial charge is 0.456 e. The van der Waals surface area contributed by atoms with Gasteiger partial charge in [0.25, 0.3) is 0 Å². The van der Waals surface area contributed by atoms with Crippen molar-refractivity contribution in [2.75, 3.05) is 0 Å². The molecule has 0 spiro atoms. The Balaban J connectivity index is 1.76. The molecular weight excluding hydrogens is 370 g/mol. The van der Waals surface area contributed by atoms with Crippen LogP contribution in [0.1, 0.15) is 19.9 Å². The molecule has 0 atom stereocenters. The molecule has 0 N–H and O–H groups in total. The molecule has 0 amide bonds. The van der Waals surface area contributed by atoms with Crippen LogP contribution in [-0.2, 0) is 0 Å². The summed E-state index contributed by atoms with van der Waals surface area (Å²) in [4.78, 5) is 0. The van der Waals surface area contributed by atoms with Gasteiger partial charge in [0, 0.05) is 33.0 Å². The summed E-state index contributed by atoms with van der Waals surface area (Å²) in [6, 6.07) is 25.7. The van der Waals surface area contributed by atoms with Crippen molar-refractivity contribution in [1.29, 1.82) is 0 Å². The van der Waals surface area contributed by atoms with Crippen LogP contribution in [0.25, 0.3) is 65.7 Å². The van der Waals surface area contributed by atoms with Crippen molar-refractivity contribution in [3.8, 4) is 0 Å². The second kappa shape index (κ2) is 5.45. The summed E-state index contributed by atoms with van der Waals surface area (Å²) < 4.78 is 15.0. The van der Waals surface area contributed by atoms with Gasteiger partial charge in [0.05, 0.1) is 16.4 Å². The fourth-order valence-electron chi connectivity index (χ4n) is 5.09. The van der Waals surface area contributed by atoms with Gasteiger partial charge >= 0.3 is 0 Å². The zero-order valence-electron chi connectivity index (χ0n) is 16.8. The first-order valence-electron chi connectivity index (χ1n) is 10.4. The topological polar surface area (TPSA) is 31.2 Å². The third-order valence-electron chi connectivity index (χ3n) is 6.32. The molecule has 0 bridgehead atoms. The summed E-state index contributed by atoms with van der Waals surface area (Å²) in [6.07, 6.45) is 0. The highest BCUT2D eigenvalue weighted by Crippen LogP contribution is 2.42. The Kier molecular flexibility index (Phi) is 2.93. The molecule has 0 aliphatic heterocycles. The minimum atomic E-state index is 0.322. The van der Waals surface area contributed by atoms with E-state index in [2.05, 4.69) is 66.9 Å². The third kappa shape index (κ3) is 1.90. The van der Waals surface area contributed by atoms with Gasteiger partial charge in [-0.25, -0.2) is 0 Å². The van der Waals surface area contributed by atoms with E-state index in [4.69, 9.17) is 8.83 Å². The van der Waals surface area contributed by atoms with Gasteiger partial charge in [-0.15, -0.1) is 0 Å². The second-order valence-electron chi connectivity index (χ2n) is 8.36. The molecule has 3 heteroatoms. The average Bonchev–Trinajstić information content (AvgIpc) is 3.40. The SMILES string of the molecule is CC(C)n1c2cc3c(cc2c2c4oc5ccccc5c4ccc21)oc1ccccc13. The van der Waals surface area contributed by atoms with E-state index in [0.29, 0.717) is 6.04 Å². The normalized spacial score (nSPS) is 12.6. The predicted molar refractivity (Wildman–Crippen MR) is 124 cm³/mol. The van der Waals surface area contributed by atoms with E-state index in [0.717, 1.165) is 49.3 Å². The van der Waals surface area contributed by atoms with Gasteiger partial charge < -0.3 is 13.4 Å². The molecule has 0 aliphatic carbocycles. The number of nitrogens with zero attached hydrogens (tertiary/aromatic N) is 1. The van der Waals surface area contributed by atoms with E-state index in [-0.39, 0.29) is 0 Å². The van der Waals surface area contributed by atoms with Crippen molar-refractivity contribution < 1.29 is 8.83 Å². The van der Waals surface area contributed by atoms with Crippen LogP contribution in [0.2, 0.25) is 0 Å². The molecule has 0 saturated heterocycles. The van der Waals surface area contributed by atoms with Crippen molar-refractivity contribution >= 4 is 65.7 Å². The van der Waals surface area contributed by atoms with Crippen LogP contribution in [0.15, 0.2) is 81.6 Å². The molecule has 144 valence electrons. The van der Waals surface area contributed by atoms with E-state index < -0.39 is 0 Å². The number of rotatable bonds is 1. The van der Waals surface area contributed by atoms with Gasteiger partial charge in [0.1, 0.15) is 22.3 Å².